The first-order valence-corrected chi connectivity index (χ1v) is 8.48. The lowest BCUT2D eigenvalue weighted by Crippen LogP contribution is -2.27. The highest BCUT2D eigenvalue weighted by Crippen LogP contribution is 2.32. The van der Waals surface area contributed by atoms with Crippen molar-refractivity contribution < 1.29 is 13.9 Å². The lowest BCUT2D eigenvalue weighted by molar-refractivity contribution is -0.130. The molecule has 134 valence electrons. The summed E-state index contributed by atoms with van der Waals surface area (Å²) in [4.78, 5) is 25.3. The average molecular weight is 351 g/mol. The monoisotopic (exact) mass is 351 g/mol. The molecule has 0 aliphatic carbocycles. The molecule has 0 fully saturated rings. The molecule has 2 aromatic carbocycles. The van der Waals surface area contributed by atoms with E-state index < -0.39 is 5.63 Å². The SMILES string of the molecule is CCc1cc2c(-c3ccccc3)cc(=O)oc2cc1OCC(=O)N(C)C. The van der Waals surface area contributed by atoms with E-state index in [2.05, 4.69) is 0 Å². The van der Waals surface area contributed by atoms with Crippen molar-refractivity contribution in [1.29, 1.82) is 0 Å². The molecule has 0 aliphatic heterocycles. The van der Waals surface area contributed by atoms with Gasteiger partial charge in [0, 0.05) is 31.6 Å². The molecule has 1 heterocycles. The molecule has 5 nitrogen and oxygen atoms in total. The quantitative estimate of drug-likeness (QED) is 0.660. The third-order valence-corrected chi connectivity index (χ3v) is 4.24. The van der Waals surface area contributed by atoms with Crippen LogP contribution in [-0.4, -0.2) is 31.5 Å². The molecule has 1 amide bonds. The van der Waals surface area contributed by atoms with Crippen LogP contribution in [0.2, 0.25) is 0 Å². The van der Waals surface area contributed by atoms with Crippen LogP contribution in [0.5, 0.6) is 5.75 Å². The van der Waals surface area contributed by atoms with Gasteiger partial charge < -0.3 is 14.1 Å². The van der Waals surface area contributed by atoms with Gasteiger partial charge in [0.1, 0.15) is 11.3 Å². The number of amides is 1. The van der Waals surface area contributed by atoms with Crippen LogP contribution < -0.4 is 10.4 Å². The Balaban J connectivity index is 2.11. The van der Waals surface area contributed by atoms with Gasteiger partial charge in [-0.25, -0.2) is 4.79 Å². The first kappa shape index (κ1) is 17.7. The Kier molecular flexibility index (Phi) is 5.07. The molecule has 0 bridgehead atoms. The van der Waals surface area contributed by atoms with Gasteiger partial charge in [-0.15, -0.1) is 0 Å². The van der Waals surface area contributed by atoms with Crippen LogP contribution in [0.25, 0.3) is 22.1 Å². The Labute approximate surface area is 151 Å². The predicted molar refractivity (Wildman–Crippen MR) is 101 cm³/mol. The molecule has 0 radical (unpaired) electrons. The van der Waals surface area contributed by atoms with Crippen molar-refractivity contribution in [2.45, 2.75) is 13.3 Å². The molecule has 3 aromatic rings. The number of ether oxygens (including phenoxy) is 1. The molecule has 0 saturated heterocycles. The molecule has 0 N–H and O–H groups in total. The number of nitrogens with zero attached hydrogens (tertiary/aromatic N) is 1. The second-order valence-electron chi connectivity index (χ2n) is 6.23. The first-order valence-electron chi connectivity index (χ1n) is 8.48. The van der Waals surface area contributed by atoms with Gasteiger partial charge >= 0.3 is 5.63 Å². The van der Waals surface area contributed by atoms with Crippen molar-refractivity contribution in [3.63, 3.8) is 0 Å². The summed E-state index contributed by atoms with van der Waals surface area (Å²) >= 11 is 0. The van der Waals surface area contributed by atoms with E-state index >= 15 is 0 Å². The topological polar surface area (TPSA) is 59.8 Å². The summed E-state index contributed by atoms with van der Waals surface area (Å²) < 4.78 is 11.1. The first-order chi connectivity index (χ1) is 12.5. The van der Waals surface area contributed by atoms with Crippen LogP contribution in [0.15, 0.2) is 57.7 Å². The van der Waals surface area contributed by atoms with Crippen LogP contribution >= 0.6 is 0 Å². The molecule has 0 unspecified atom stereocenters. The van der Waals surface area contributed by atoms with Crippen molar-refractivity contribution >= 4 is 16.9 Å². The second-order valence-corrected chi connectivity index (χ2v) is 6.23. The number of hydrogen-bond donors (Lipinski definition) is 0. The summed E-state index contributed by atoms with van der Waals surface area (Å²) in [7, 11) is 3.36. The lowest BCUT2D eigenvalue weighted by Gasteiger charge is -2.15. The van der Waals surface area contributed by atoms with Crippen molar-refractivity contribution in [3.05, 3.63) is 64.5 Å². The fourth-order valence-electron chi connectivity index (χ4n) is 2.77. The Morgan fingerprint density at radius 2 is 1.85 bits per heavy atom. The molecule has 1 aromatic heterocycles. The maximum absolute atomic E-state index is 12.0. The normalized spacial score (nSPS) is 10.7. The van der Waals surface area contributed by atoms with Crippen LogP contribution in [0.3, 0.4) is 0 Å². The third-order valence-electron chi connectivity index (χ3n) is 4.24. The smallest absolute Gasteiger partial charge is 0.336 e. The fourth-order valence-corrected chi connectivity index (χ4v) is 2.77. The molecule has 3 rings (SSSR count). The van der Waals surface area contributed by atoms with E-state index in [1.807, 2.05) is 43.3 Å². The number of likely N-dealkylation sites (N-methyl/N-ethyl adjacent to an activating group) is 1. The fraction of sp³-hybridized carbons (Fsp3) is 0.238. The lowest BCUT2D eigenvalue weighted by atomic mass is 9.99. The van der Waals surface area contributed by atoms with Crippen LogP contribution in [0, 0.1) is 0 Å². The molecule has 26 heavy (non-hydrogen) atoms. The maximum Gasteiger partial charge on any atom is 0.336 e. The van der Waals surface area contributed by atoms with E-state index in [-0.39, 0.29) is 12.5 Å². The van der Waals surface area contributed by atoms with Crippen molar-refractivity contribution in [2.75, 3.05) is 20.7 Å². The van der Waals surface area contributed by atoms with E-state index in [1.165, 1.54) is 11.0 Å². The summed E-state index contributed by atoms with van der Waals surface area (Å²) in [5.41, 5.74) is 2.75. The van der Waals surface area contributed by atoms with Crippen molar-refractivity contribution in [3.8, 4) is 16.9 Å². The number of hydrogen-bond acceptors (Lipinski definition) is 4. The minimum absolute atomic E-state index is 0.0614. The Morgan fingerprint density at radius 3 is 2.50 bits per heavy atom. The second kappa shape index (κ2) is 7.44. The van der Waals surface area contributed by atoms with Crippen LogP contribution in [-0.2, 0) is 11.2 Å². The zero-order valence-electron chi connectivity index (χ0n) is 15.1. The molecular weight excluding hydrogens is 330 g/mol. The summed E-state index contributed by atoms with van der Waals surface area (Å²) in [5.74, 6) is 0.426. The summed E-state index contributed by atoms with van der Waals surface area (Å²) in [5, 5.41) is 0.846. The van der Waals surface area contributed by atoms with E-state index in [4.69, 9.17) is 9.15 Å². The number of benzene rings is 2. The standard InChI is InChI=1S/C21H21NO4/c1-4-14-10-17-16(15-8-6-5-7-9-15)11-21(24)26-19(17)12-18(14)25-13-20(23)22(2)3/h5-12H,4,13H2,1-3H3. The van der Waals surface area contributed by atoms with Gasteiger partial charge in [-0.2, -0.15) is 0 Å². The number of carbonyl (C=O) groups excluding carboxylic acids is 1. The summed E-state index contributed by atoms with van der Waals surface area (Å²) in [6.07, 6.45) is 0.731. The molecule has 0 aliphatic rings. The van der Waals surface area contributed by atoms with Gasteiger partial charge in [0.05, 0.1) is 0 Å². The maximum atomic E-state index is 12.0. The Morgan fingerprint density at radius 1 is 1.12 bits per heavy atom. The minimum Gasteiger partial charge on any atom is -0.483 e. The molecule has 0 saturated carbocycles. The average Bonchev–Trinajstić information content (AvgIpc) is 2.65. The van der Waals surface area contributed by atoms with Gasteiger partial charge in [-0.05, 0) is 29.2 Å². The number of carbonyl (C=O) groups is 1. The van der Waals surface area contributed by atoms with E-state index in [1.54, 1.807) is 20.2 Å². The summed E-state index contributed by atoms with van der Waals surface area (Å²) in [6.45, 7) is 1.96. The van der Waals surface area contributed by atoms with Gasteiger partial charge in [-0.1, -0.05) is 37.3 Å². The molecule has 0 atom stereocenters. The minimum atomic E-state index is -0.420. The van der Waals surface area contributed by atoms with Gasteiger partial charge in [-0.3, -0.25) is 4.79 Å². The van der Waals surface area contributed by atoms with Gasteiger partial charge in [0.15, 0.2) is 6.61 Å². The largest absolute Gasteiger partial charge is 0.483 e. The predicted octanol–water partition coefficient (Wildman–Crippen LogP) is 3.49. The van der Waals surface area contributed by atoms with E-state index in [0.717, 1.165) is 28.5 Å². The third kappa shape index (κ3) is 3.61. The van der Waals surface area contributed by atoms with Crippen LogP contribution in [0.1, 0.15) is 12.5 Å². The molecule has 0 spiro atoms. The Hall–Kier alpha value is -3.08. The highest BCUT2D eigenvalue weighted by Gasteiger charge is 2.14. The summed E-state index contributed by atoms with van der Waals surface area (Å²) in [6, 6.07) is 14.9. The van der Waals surface area contributed by atoms with Gasteiger partial charge in [0.25, 0.3) is 5.91 Å². The Bertz CT molecular complexity index is 990. The highest BCUT2D eigenvalue weighted by molar-refractivity contribution is 5.94. The van der Waals surface area contributed by atoms with E-state index in [0.29, 0.717) is 11.3 Å². The number of rotatable bonds is 5. The van der Waals surface area contributed by atoms with Crippen molar-refractivity contribution in [1.82, 2.24) is 4.90 Å². The number of aryl methyl sites for hydroxylation is 1. The molecular formula is C21H21NO4. The van der Waals surface area contributed by atoms with E-state index in [9.17, 15) is 9.59 Å². The number of fused-ring (bicyclic) bond motifs is 1. The molecule has 5 heteroatoms. The zero-order chi connectivity index (χ0) is 18.7. The zero-order valence-corrected chi connectivity index (χ0v) is 15.1. The van der Waals surface area contributed by atoms with Gasteiger partial charge in [0.2, 0.25) is 0 Å². The highest BCUT2D eigenvalue weighted by atomic mass is 16.5. The van der Waals surface area contributed by atoms with Crippen molar-refractivity contribution in [2.24, 2.45) is 0 Å². The van der Waals surface area contributed by atoms with Crippen LogP contribution in [0.4, 0.5) is 0 Å².